The summed E-state index contributed by atoms with van der Waals surface area (Å²) in [7, 11) is 0. The van der Waals surface area contributed by atoms with Crippen LogP contribution in [0.4, 0.5) is 0 Å². The average molecular weight is 160 g/mol. The average Bonchev–Trinajstić information content (AvgIpc) is 2.34. The van der Waals surface area contributed by atoms with Crippen molar-refractivity contribution in [2.75, 3.05) is 5.75 Å². The highest BCUT2D eigenvalue weighted by Crippen LogP contribution is 2.17. The fourth-order valence-corrected chi connectivity index (χ4v) is 0.987. The summed E-state index contributed by atoms with van der Waals surface area (Å²) in [6.45, 7) is 0. The Labute approximate surface area is 64.1 Å². The second-order valence-corrected chi connectivity index (χ2v) is 2.40. The quantitative estimate of drug-likeness (QED) is 0.584. The van der Waals surface area contributed by atoms with Gasteiger partial charge in [0, 0.05) is 12.2 Å². The molecule has 0 fully saturated rings. The monoisotopic (exact) mass is 160 g/mol. The highest BCUT2D eigenvalue weighted by atomic mass is 32.1. The second-order valence-electron chi connectivity index (χ2n) is 2.03. The van der Waals surface area contributed by atoms with E-state index in [1.807, 2.05) is 0 Å². The van der Waals surface area contributed by atoms with E-state index in [0.717, 1.165) is 0 Å². The molecule has 0 bridgehead atoms. The number of hydrogen-bond donors (Lipinski definition) is 2. The lowest BCUT2D eigenvalue weighted by atomic mass is 10.3. The van der Waals surface area contributed by atoms with Crippen molar-refractivity contribution in [3.05, 3.63) is 11.8 Å². The molecule has 0 aromatic rings. The lowest BCUT2D eigenvalue weighted by molar-refractivity contribution is -0.136. The number of carbonyl (C=O) groups is 1. The van der Waals surface area contributed by atoms with Crippen molar-refractivity contribution in [3.63, 3.8) is 0 Å². The van der Waals surface area contributed by atoms with E-state index < -0.39 is 5.97 Å². The maximum Gasteiger partial charge on any atom is 0.370 e. The maximum absolute atomic E-state index is 10.2. The van der Waals surface area contributed by atoms with Crippen LogP contribution in [0.1, 0.15) is 6.42 Å². The van der Waals surface area contributed by atoms with Gasteiger partial charge in [-0.3, -0.25) is 0 Å². The van der Waals surface area contributed by atoms with Crippen LogP contribution in [0.15, 0.2) is 11.8 Å². The first kappa shape index (κ1) is 7.47. The number of aliphatic carboxylic acids is 1. The lowest BCUT2D eigenvalue weighted by Crippen LogP contribution is -2.10. The van der Waals surface area contributed by atoms with Gasteiger partial charge in [0.1, 0.15) is 6.10 Å². The SMILES string of the molecule is O=C(O)C1=CCC(CS)O1. The van der Waals surface area contributed by atoms with Crippen molar-refractivity contribution in [1.29, 1.82) is 0 Å². The van der Waals surface area contributed by atoms with Gasteiger partial charge in [0.25, 0.3) is 0 Å². The predicted octanol–water partition coefficient (Wildman–Crippen LogP) is 0.674. The van der Waals surface area contributed by atoms with Crippen molar-refractivity contribution in [2.24, 2.45) is 0 Å². The minimum Gasteiger partial charge on any atom is -0.482 e. The molecule has 1 rings (SSSR count). The number of rotatable bonds is 2. The van der Waals surface area contributed by atoms with E-state index >= 15 is 0 Å². The van der Waals surface area contributed by atoms with Crippen LogP contribution in [-0.2, 0) is 9.53 Å². The van der Waals surface area contributed by atoms with Crippen LogP contribution in [0.5, 0.6) is 0 Å². The Balaban J connectivity index is 2.47. The summed E-state index contributed by atoms with van der Waals surface area (Å²) < 4.78 is 4.96. The molecule has 0 spiro atoms. The van der Waals surface area contributed by atoms with Crippen molar-refractivity contribution in [3.8, 4) is 0 Å². The number of hydrogen-bond acceptors (Lipinski definition) is 3. The molecule has 1 atom stereocenters. The van der Waals surface area contributed by atoms with Gasteiger partial charge in [0.2, 0.25) is 5.76 Å². The van der Waals surface area contributed by atoms with Gasteiger partial charge < -0.3 is 9.84 Å². The maximum atomic E-state index is 10.2. The van der Waals surface area contributed by atoms with Crippen LogP contribution in [-0.4, -0.2) is 22.9 Å². The standard InChI is InChI=1S/C6H8O3S/c7-6(8)5-2-1-4(3-10)9-5/h2,4,10H,1,3H2,(H,7,8). The Kier molecular flexibility index (Phi) is 2.21. The van der Waals surface area contributed by atoms with Gasteiger partial charge in [-0.05, 0) is 6.08 Å². The third-order valence-corrected chi connectivity index (χ3v) is 1.68. The molecule has 4 heteroatoms. The topological polar surface area (TPSA) is 46.5 Å². The molecule has 1 unspecified atom stereocenters. The number of carboxylic acid groups (broad SMARTS) is 1. The van der Waals surface area contributed by atoms with E-state index in [1.54, 1.807) is 6.08 Å². The molecule has 0 aliphatic carbocycles. The van der Waals surface area contributed by atoms with Gasteiger partial charge in [-0.1, -0.05) is 0 Å². The van der Waals surface area contributed by atoms with Crippen LogP contribution in [0.25, 0.3) is 0 Å². The fourth-order valence-electron chi connectivity index (χ4n) is 0.764. The summed E-state index contributed by atoms with van der Waals surface area (Å²) in [6, 6.07) is 0. The first-order valence-electron chi connectivity index (χ1n) is 2.95. The predicted molar refractivity (Wildman–Crippen MR) is 39.1 cm³/mol. The normalized spacial score (nSPS) is 23.7. The first-order valence-corrected chi connectivity index (χ1v) is 3.58. The molecule has 1 N–H and O–H groups in total. The highest BCUT2D eigenvalue weighted by Gasteiger charge is 2.20. The molecule has 3 nitrogen and oxygen atoms in total. The van der Waals surface area contributed by atoms with Gasteiger partial charge in [-0.15, -0.1) is 0 Å². The minimum atomic E-state index is -0.996. The lowest BCUT2D eigenvalue weighted by Gasteiger charge is -2.06. The summed E-state index contributed by atoms with van der Waals surface area (Å²) in [5.74, 6) is -0.379. The van der Waals surface area contributed by atoms with E-state index in [2.05, 4.69) is 12.6 Å². The molecule has 1 aliphatic rings. The fraction of sp³-hybridized carbons (Fsp3) is 0.500. The van der Waals surface area contributed by atoms with Crippen LogP contribution in [0, 0.1) is 0 Å². The molecule has 0 aromatic carbocycles. The third-order valence-electron chi connectivity index (χ3n) is 1.27. The molecule has 1 heterocycles. The largest absolute Gasteiger partial charge is 0.482 e. The Morgan fingerprint density at radius 2 is 2.70 bits per heavy atom. The molecule has 10 heavy (non-hydrogen) atoms. The summed E-state index contributed by atoms with van der Waals surface area (Å²) in [5, 5.41) is 8.41. The number of carboxylic acids is 1. The minimum absolute atomic E-state index is 0.0468. The zero-order chi connectivity index (χ0) is 7.56. The van der Waals surface area contributed by atoms with E-state index in [1.165, 1.54) is 0 Å². The molecule has 0 amide bonds. The summed E-state index contributed by atoms with van der Waals surface area (Å²) in [6.07, 6.45) is 2.18. The van der Waals surface area contributed by atoms with Crippen LogP contribution in [0.2, 0.25) is 0 Å². The number of thiol groups is 1. The molecule has 0 aromatic heterocycles. The summed E-state index contributed by atoms with van der Waals surface area (Å²) >= 11 is 3.97. The molecule has 0 saturated carbocycles. The van der Waals surface area contributed by atoms with Gasteiger partial charge in [-0.2, -0.15) is 12.6 Å². The van der Waals surface area contributed by atoms with Crippen molar-refractivity contribution >= 4 is 18.6 Å². The van der Waals surface area contributed by atoms with Gasteiger partial charge in [0.05, 0.1) is 0 Å². The van der Waals surface area contributed by atoms with Gasteiger partial charge in [-0.25, -0.2) is 4.79 Å². The number of ether oxygens (including phenoxy) is 1. The summed E-state index contributed by atoms with van der Waals surface area (Å²) in [5.41, 5.74) is 0. The van der Waals surface area contributed by atoms with E-state index in [9.17, 15) is 4.79 Å². The third kappa shape index (κ3) is 1.44. The van der Waals surface area contributed by atoms with Crippen molar-refractivity contribution in [1.82, 2.24) is 0 Å². The van der Waals surface area contributed by atoms with Gasteiger partial charge in [0.15, 0.2) is 0 Å². The zero-order valence-corrected chi connectivity index (χ0v) is 6.17. The van der Waals surface area contributed by atoms with Crippen LogP contribution >= 0.6 is 12.6 Å². The van der Waals surface area contributed by atoms with E-state index in [4.69, 9.17) is 9.84 Å². The zero-order valence-electron chi connectivity index (χ0n) is 5.28. The van der Waals surface area contributed by atoms with E-state index in [-0.39, 0.29) is 11.9 Å². The van der Waals surface area contributed by atoms with Crippen molar-refractivity contribution < 1.29 is 14.6 Å². The first-order chi connectivity index (χ1) is 4.74. The van der Waals surface area contributed by atoms with Crippen molar-refractivity contribution in [2.45, 2.75) is 12.5 Å². The molecular formula is C6H8O3S. The van der Waals surface area contributed by atoms with E-state index in [0.29, 0.717) is 12.2 Å². The molecular weight excluding hydrogens is 152 g/mol. The van der Waals surface area contributed by atoms with Crippen LogP contribution < -0.4 is 0 Å². The molecule has 1 aliphatic heterocycles. The Hall–Kier alpha value is -0.640. The molecule has 0 saturated heterocycles. The smallest absolute Gasteiger partial charge is 0.370 e. The Morgan fingerprint density at radius 3 is 3.00 bits per heavy atom. The summed E-state index contributed by atoms with van der Waals surface area (Å²) in [4.78, 5) is 10.2. The second kappa shape index (κ2) is 2.96. The highest BCUT2D eigenvalue weighted by molar-refractivity contribution is 7.80. The molecule has 56 valence electrons. The van der Waals surface area contributed by atoms with Crippen LogP contribution in [0.3, 0.4) is 0 Å². The Bertz CT molecular complexity index is 176. The molecule has 0 radical (unpaired) electrons. The Morgan fingerprint density at radius 1 is 2.00 bits per heavy atom. The van der Waals surface area contributed by atoms with Gasteiger partial charge >= 0.3 is 5.97 Å².